The van der Waals surface area contributed by atoms with Gasteiger partial charge in [0.05, 0.1) is 11.0 Å². The summed E-state index contributed by atoms with van der Waals surface area (Å²) in [6.07, 6.45) is -0.495. The maximum Gasteiger partial charge on any atom is 0.407 e. The molecule has 0 aromatic heterocycles. The van der Waals surface area contributed by atoms with E-state index in [4.69, 9.17) is 4.74 Å². The lowest BCUT2D eigenvalue weighted by Crippen LogP contribution is -2.46. The average Bonchev–Trinajstić information content (AvgIpc) is 2.32. The van der Waals surface area contributed by atoms with E-state index in [1.807, 2.05) is 13.8 Å². The predicted octanol–water partition coefficient (Wildman–Crippen LogP) is 2.40. The Hall–Kier alpha value is -2.11. The van der Waals surface area contributed by atoms with Crippen LogP contribution >= 0.6 is 0 Å². The summed E-state index contributed by atoms with van der Waals surface area (Å²) < 4.78 is 4.94. The summed E-state index contributed by atoms with van der Waals surface area (Å²) in [6.45, 7) is 4.16. The molecule has 0 unspecified atom stereocenters. The Labute approximate surface area is 104 Å². The van der Waals surface area contributed by atoms with Crippen molar-refractivity contribution in [2.45, 2.75) is 19.9 Å². The van der Waals surface area contributed by atoms with Crippen LogP contribution in [0.1, 0.15) is 25.5 Å². The molecule has 2 rings (SSSR count). The van der Waals surface area contributed by atoms with Crippen molar-refractivity contribution in [1.82, 2.24) is 5.32 Å². The Balaban J connectivity index is 2.37. The fourth-order valence-corrected chi connectivity index (χ4v) is 2.04. The number of alkyl carbamates (subject to hydrolysis) is 1. The number of ether oxygens (including phenoxy) is 1. The average molecular weight is 250 g/mol. The monoisotopic (exact) mass is 250 g/mol. The van der Waals surface area contributed by atoms with Gasteiger partial charge in [-0.05, 0) is 5.56 Å². The van der Waals surface area contributed by atoms with Gasteiger partial charge in [0.1, 0.15) is 6.61 Å². The van der Waals surface area contributed by atoms with E-state index in [1.165, 1.54) is 12.1 Å². The second-order valence-electron chi connectivity index (χ2n) is 4.99. The van der Waals surface area contributed by atoms with Gasteiger partial charge in [-0.3, -0.25) is 10.1 Å². The SMILES string of the molecule is CC1(C)COC(=O)N[C@@H]1c1cccc([N+](=O)[O-])c1. The van der Waals surface area contributed by atoms with Gasteiger partial charge in [0.2, 0.25) is 0 Å². The number of cyclic esters (lactones) is 1. The van der Waals surface area contributed by atoms with Crippen LogP contribution in [0.3, 0.4) is 0 Å². The summed E-state index contributed by atoms with van der Waals surface area (Å²) in [5, 5.41) is 13.5. The third kappa shape index (κ3) is 2.27. The van der Waals surface area contributed by atoms with E-state index in [0.29, 0.717) is 5.56 Å². The summed E-state index contributed by atoms with van der Waals surface area (Å²) in [5.74, 6) is 0. The lowest BCUT2D eigenvalue weighted by molar-refractivity contribution is -0.385. The number of carbonyl (C=O) groups excluding carboxylic acids is 1. The molecule has 1 aliphatic rings. The normalized spacial score (nSPS) is 21.9. The molecule has 96 valence electrons. The minimum absolute atomic E-state index is 0.0176. The number of amides is 1. The molecule has 6 nitrogen and oxygen atoms in total. The van der Waals surface area contributed by atoms with Crippen LogP contribution in [0.2, 0.25) is 0 Å². The minimum atomic E-state index is -0.495. The van der Waals surface area contributed by atoms with E-state index in [1.54, 1.807) is 12.1 Å². The fourth-order valence-electron chi connectivity index (χ4n) is 2.04. The maximum absolute atomic E-state index is 11.3. The highest BCUT2D eigenvalue weighted by Gasteiger charge is 2.38. The van der Waals surface area contributed by atoms with Crippen molar-refractivity contribution in [2.75, 3.05) is 6.61 Å². The van der Waals surface area contributed by atoms with E-state index < -0.39 is 11.0 Å². The summed E-state index contributed by atoms with van der Waals surface area (Å²) in [7, 11) is 0. The lowest BCUT2D eigenvalue weighted by Gasteiger charge is -2.38. The standard InChI is InChI=1S/C12H14N2O4/c1-12(2)7-18-11(15)13-10(12)8-4-3-5-9(6-8)14(16)17/h3-6,10H,7H2,1-2H3,(H,13,15)/t10-/m1/s1. The summed E-state index contributed by atoms with van der Waals surface area (Å²) in [6, 6.07) is 6.00. The zero-order valence-corrected chi connectivity index (χ0v) is 10.2. The fraction of sp³-hybridized carbons (Fsp3) is 0.417. The summed E-state index contributed by atoms with van der Waals surface area (Å²) in [5.41, 5.74) is 0.415. The number of nitrogens with one attached hydrogen (secondary N) is 1. The summed E-state index contributed by atoms with van der Waals surface area (Å²) >= 11 is 0. The number of nitro groups is 1. The molecular weight excluding hydrogens is 236 g/mol. The molecule has 1 aromatic rings. The van der Waals surface area contributed by atoms with E-state index >= 15 is 0 Å². The molecule has 18 heavy (non-hydrogen) atoms. The van der Waals surface area contributed by atoms with Crippen LogP contribution < -0.4 is 5.32 Å². The van der Waals surface area contributed by atoms with Crippen LogP contribution in [-0.2, 0) is 4.74 Å². The molecule has 1 N–H and O–H groups in total. The third-order valence-corrected chi connectivity index (χ3v) is 3.03. The second kappa shape index (κ2) is 4.29. The van der Waals surface area contributed by atoms with Gasteiger partial charge in [-0.1, -0.05) is 26.0 Å². The molecule has 0 aliphatic carbocycles. The lowest BCUT2D eigenvalue weighted by atomic mass is 9.80. The Kier molecular flexibility index (Phi) is 2.94. The third-order valence-electron chi connectivity index (χ3n) is 3.03. The highest BCUT2D eigenvalue weighted by Crippen LogP contribution is 2.37. The molecule has 1 heterocycles. The first kappa shape index (κ1) is 12.3. The second-order valence-corrected chi connectivity index (χ2v) is 4.99. The number of nitro benzene ring substituents is 1. The number of hydrogen-bond acceptors (Lipinski definition) is 4. The predicted molar refractivity (Wildman–Crippen MR) is 64.1 cm³/mol. The van der Waals surface area contributed by atoms with Gasteiger partial charge in [-0.15, -0.1) is 0 Å². The first-order valence-corrected chi connectivity index (χ1v) is 5.58. The Morgan fingerprint density at radius 2 is 2.22 bits per heavy atom. The molecule has 1 aliphatic heterocycles. The number of benzene rings is 1. The van der Waals surface area contributed by atoms with Crippen LogP contribution in [0, 0.1) is 15.5 Å². The molecule has 0 radical (unpaired) electrons. The van der Waals surface area contributed by atoms with Crippen LogP contribution in [0.4, 0.5) is 10.5 Å². The zero-order chi connectivity index (χ0) is 13.3. The van der Waals surface area contributed by atoms with E-state index in [0.717, 1.165) is 0 Å². The van der Waals surface area contributed by atoms with Crippen molar-refractivity contribution in [1.29, 1.82) is 0 Å². The van der Waals surface area contributed by atoms with Crippen LogP contribution in [0.15, 0.2) is 24.3 Å². The smallest absolute Gasteiger partial charge is 0.407 e. The first-order chi connectivity index (χ1) is 8.40. The number of rotatable bonds is 2. The van der Waals surface area contributed by atoms with Crippen molar-refractivity contribution in [3.05, 3.63) is 39.9 Å². The van der Waals surface area contributed by atoms with E-state index in [9.17, 15) is 14.9 Å². The van der Waals surface area contributed by atoms with Crippen LogP contribution in [0.5, 0.6) is 0 Å². The topological polar surface area (TPSA) is 81.5 Å². The molecule has 1 aromatic carbocycles. The molecule has 1 atom stereocenters. The zero-order valence-electron chi connectivity index (χ0n) is 10.2. The molecule has 1 amide bonds. The van der Waals surface area contributed by atoms with Gasteiger partial charge in [0.15, 0.2) is 0 Å². The van der Waals surface area contributed by atoms with Crippen molar-refractivity contribution < 1.29 is 14.5 Å². The maximum atomic E-state index is 11.3. The molecule has 0 saturated carbocycles. The van der Waals surface area contributed by atoms with Crippen molar-refractivity contribution in [2.24, 2.45) is 5.41 Å². The largest absolute Gasteiger partial charge is 0.449 e. The van der Waals surface area contributed by atoms with Gasteiger partial charge in [0.25, 0.3) is 5.69 Å². The van der Waals surface area contributed by atoms with Crippen molar-refractivity contribution in [3.8, 4) is 0 Å². The molecule has 0 spiro atoms. The molecule has 1 fully saturated rings. The Morgan fingerprint density at radius 1 is 1.50 bits per heavy atom. The molecular formula is C12H14N2O4. The van der Waals surface area contributed by atoms with Gasteiger partial charge in [-0.2, -0.15) is 0 Å². The van der Waals surface area contributed by atoms with Crippen LogP contribution in [-0.4, -0.2) is 17.6 Å². The Bertz CT molecular complexity index is 499. The molecule has 6 heteroatoms. The quantitative estimate of drug-likeness (QED) is 0.645. The first-order valence-electron chi connectivity index (χ1n) is 5.58. The van der Waals surface area contributed by atoms with Crippen molar-refractivity contribution >= 4 is 11.8 Å². The van der Waals surface area contributed by atoms with E-state index in [-0.39, 0.29) is 23.8 Å². The van der Waals surface area contributed by atoms with Crippen molar-refractivity contribution in [3.63, 3.8) is 0 Å². The Morgan fingerprint density at radius 3 is 2.89 bits per heavy atom. The van der Waals surface area contributed by atoms with Gasteiger partial charge in [-0.25, -0.2) is 4.79 Å². The highest BCUT2D eigenvalue weighted by atomic mass is 16.6. The number of hydrogen-bond donors (Lipinski definition) is 1. The van der Waals surface area contributed by atoms with Gasteiger partial charge >= 0.3 is 6.09 Å². The number of non-ortho nitro benzene ring substituents is 1. The van der Waals surface area contributed by atoms with E-state index in [2.05, 4.69) is 5.32 Å². The van der Waals surface area contributed by atoms with Gasteiger partial charge < -0.3 is 10.1 Å². The minimum Gasteiger partial charge on any atom is -0.449 e. The number of carbonyl (C=O) groups is 1. The molecule has 1 saturated heterocycles. The molecule has 0 bridgehead atoms. The number of nitrogens with zero attached hydrogens (tertiary/aromatic N) is 1. The van der Waals surface area contributed by atoms with Gasteiger partial charge in [0, 0.05) is 17.5 Å². The van der Waals surface area contributed by atoms with Crippen LogP contribution in [0.25, 0.3) is 0 Å². The highest BCUT2D eigenvalue weighted by molar-refractivity contribution is 5.69. The summed E-state index contributed by atoms with van der Waals surface area (Å²) in [4.78, 5) is 21.6.